The van der Waals surface area contributed by atoms with E-state index in [1.54, 1.807) is 12.4 Å². The normalized spacial score (nSPS) is 23.0. The van der Waals surface area contributed by atoms with Crippen molar-refractivity contribution in [2.45, 2.75) is 51.1 Å². The van der Waals surface area contributed by atoms with Crippen LogP contribution in [-0.2, 0) is 4.79 Å². The Balaban J connectivity index is 0.00000140. The van der Waals surface area contributed by atoms with Crippen LogP contribution in [0.5, 0.6) is 11.5 Å². The van der Waals surface area contributed by atoms with Gasteiger partial charge >= 0.3 is 0 Å². The number of hydrogen-bond donors (Lipinski definition) is 2. The van der Waals surface area contributed by atoms with Gasteiger partial charge in [0.2, 0.25) is 5.91 Å². The van der Waals surface area contributed by atoms with E-state index in [0.29, 0.717) is 17.7 Å². The van der Waals surface area contributed by atoms with Crippen molar-refractivity contribution in [3.8, 4) is 11.5 Å². The molecule has 28 heavy (non-hydrogen) atoms. The monoisotopic (exact) mass is 423 g/mol. The molecule has 1 saturated carbocycles. The minimum absolute atomic E-state index is 0. The zero-order chi connectivity index (χ0) is 17.9. The van der Waals surface area contributed by atoms with Crippen LogP contribution < -0.4 is 15.4 Å². The highest BCUT2D eigenvalue weighted by Crippen LogP contribution is 2.33. The number of aryl methyl sites for hydroxylation is 1. The minimum Gasteiger partial charge on any atom is -0.455 e. The van der Waals surface area contributed by atoms with Crippen LogP contribution in [0.4, 0.5) is 5.69 Å². The summed E-state index contributed by atoms with van der Waals surface area (Å²) in [5.41, 5.74) is 1.78. The van der Waals surface area contributed by atoms with Crippen LogP contribution in [0.2, 0.25) is 0 Å². The number of carbonyl (C=O) groups excluding carboxylic acids is 1. The lowest BCUT2D eigenvalue weighted by Crippen LogP contribution is -2.39. The van der Waals surface area contributed by atoms with Crippen molar-refractivity contribution in [3.63, 3.8) is 0 Å². The molecule has 0 radical (unpaired) electrons. The number of nitrogens with one attached hydrogen (secondary N) is 2. The summed E-state index contributed by atoms with van der Waals surface area (Å²) in [6.45, 7) is 1.98. The molecule has 0 spiro atoms. The van der Waals surface area contributed by atoms with Crippen LogP contribution in [0.15, 0.2) is 42.7 Å². The molecule has 2 aromatic rings. The molecule has 4 rings (SSSR count). The summed E-state index contributed by atoms with van der Waals surface area (Å²) >= 11 is 0. The summed E-state index contributed by atoms with van der Waals surface area (Å²) in [4.78, 5) is 16.7. The number of aromatic nitrogens is 1. The lowest BCUT2D eigenvalue weighted by molar-refractivity contribution is -0.117. The van der Waals surface area contributed by atoms with Crippen molar-refractivity contribution >= 4 is 36.4 Å². The SMILES string of the molecule is Cc1cc(NC(=O)C2CC3CCCCC3N2)ccc1Oc1cccnc1.Cl.Cl. The average molecular weight is 424 g/mol. The van der Waals surface area contributed by atoms with Gasteiger partial charge in [-0.25, -0.2) is 0 Å². The second kappa shape index (κ2) is 10.1. The second-order valence-electron chi connectivity index (χ2n) is 7.37. The van der Waals surface area contributed by atoms with Crippen molar-refractivity contribution < 1.29 is 9.53 Å². The molecule has 1 amide bonds. The number of nitrogens with zero attached hydrogens (tertiary/aromatic N) is 1. The lowest BCUT2D eigenvalue weighted by atomic mass is 9.85. The Hall–Kier alpha value is -1.82. The third-order valence-corrected chi connectivity index (χ3v) is 5.48. The average Bonchev–Trinajstić information content (AvgIpc) is 3.09. The molecule has 1 aromatic heterocycles. The van der Waals surface area contributed by atoms with E-state index in [4.69, 9.17) is 4.74 Å². The number of fused-ring (bicyclic) bond motifs is 1. The number of carbonyl (C=O) groups is 1. The van der Waals surface area contributed by atoms with E-state index in [1.807, 2.05) is 37.3 Å². The highest BCUT2D eigenvalue weighted by molar-refractivity contribution is 5.95. The standard InChI is InChI=1S/C21H25N3O2.2ClH/c1-14-11-16(8-9-20(14)26-17-6-4-10-22-13-17)23-21(25)19-12-15-5-2-3-7-18(15)24-19;;/h4,6,8-11,13,15,18-19,24H,2-3,5,7,12H2,1H3,(H,23,25);2*1H. The van der Waals surface area contributed by atoms with E-state index in [9.17, 15) is 4.79 Å². The maximum Gasteiger partial charge on any atom is 0.241 e. The summed E-state index contributed by atoms with van der Waals surface area (Å²) in [5.74, 6) is 2.20. The Morgan fingerprint density at radius 1 is 1.21 bits per heavy atom. The van der Waals surface area contributed by atoms with Crippen molar-refractivity contribution in [1.29, 1.82) is 0 Å². The molecule has 2 aliphatic rings. The third-order valence-electron chi connectivity index (χ3n) is 5.48. The van der Waals surface area contributed by atoms with E-state index in [-0.39, 0.29) is 36.8 Å². The minimum atomic E-state index is -0.0743. The van der Waals surface area contributed by atoms with Crippen LogP contribution in [-0.4, -0.2) is 23.0 Å². The molecule has 5 nitrogen and oxygen atoms in total. The largest absolute Gasteiger partial charge is 0.455 e. The number of rotatable bonds is 4. The van der Waals surface area contributed by atoms with Gasteiger partial charge in [-0.1, -0.05) is 12.8 Å². The van der Waals surface area contributed by atoms with Crippen LogP contribution in [0, 0.1) is 12.8 Å². The Labute approximate surface area is 178 Å². The highest BCUT2D eigenvalue weighted by Gasteiger charge is 2.38. The highest BCUT2D eigenvalue weighted by atomic mass is 35.5. The summed E-state index contributed by atoms with van der Waals surface area (Å²) in [7, 11) is 0. The summed E-state index contributed by atoms with van der Waals surface area (Å²) in [5, 5.41) is 6.58. The molecule has 1 aliphatic carbocycles. The van der Waals surface area contributed by atoms with E-state index in [1.165, 1.54) is 25.7 Å². The number of halogens is 2. The molecular formula is C21H27Cl2N3O2. The van der Waals surface area contributed by atoms with E-state index in [0.717, 1.165) is 23.4 Å². The molecule has 3 atom stereocenters. The molecule has 2 fully saturated rings. The van der Waals surface area contributed by atoms with Crippen molar-refractivity contribution in [2.24, 2.45) is 5.92 Å². The summed E-state index contributed by atoms with van der Waals surface area (Å²) in [6.07, 6.45) is 9.38. The van der Waals surface area contributed by atoms with Gasteiger partial charge < -0.3 is 15.4 Å². The number of hydrogen-bond acceptors (Lipinski definition) is 4. The predicted octanol–water partition coefficient (Wildman–Crippen LogP) is 4.89. The second-order valence-corrected chi connectivity index (χ2v) is 7.37. The Morgan fingerprint density at radius 3 is 2.75 bits per heavy atom. The molecule has 2 N–H and O–H groups in total. The molecule has 7 heteroatoms. The molecular weight excluding hydrogens is 397 g/mol. The lowest BCUT2D eigenvalue weighted by Gasteiger charge is -2.24. The van der Waals surface area contributed by atoms with Gasteiger partial charge in [-0.15, -0.1) is 24.8 Å². The fraction of sp³-hybridized carbons (Fsp3) is 0.429. The van der Waals surface area contributed by atoms with Gasteiger partial charge in [0, 0.05) is 17.9 Å². The molecule has 1 saturated heterocycles. The molecule has 1 aliphatic heterocycles. The van der Waals surface area contributed by atoms with Gasteiger partial charge in [0.25, 0.3) is 0 Å². The van der Waals surface area contributed by atoms with Crippen molar-refractivity contribution in [3.05, 3.63) is 48.3 Å². The fourth-order valence-electron chi connectivity index (χ4n) is 4.13. The zero-order valence-electron chi connectivity index (χ0n) is 15.9. The number of benzene rings is 1. The summed E-state index contributed by atoms with van der Waals surface area (Å²) in [6, 6.07) is 9.88. The topological polar surface area (TPSA) is 63.2 Å². The first-order valence-electron chi connectivity index (χ1n) is 9.44. The fourth-order valence-corrected chi connectivity index (χ4v) is 4.13. The maximum absolute atomic E-state index is 12.6. The van der Waals surface area contributed by atoms with E-state index < -0.39 is 0 Å². The van der Waals surface area contributed by atoms with Crippen molar-refractivity contribution in [2.75, 3.05) is 5.32 Å². The van der Waals surface area contributed by atoms with Gasteiger partial charge in [0.15, 0.2) is 0 Å². The van der Waals surface area contributed by atoms with Gasteiger partial charge in [-0.2, -0.15) is 0 Å². The van der Waals surface area contributed by atoms with Crippen LogP contribution in [0.1, 0.15) is 37.7 Å². The quantitative estimate of drug-likeness (QED) is 0.734. The smallest absolute Gasteiger partial charge is 0.241 e. The predicted molar refractivity (Wildman–Crippen MR) is 116 cm³/mol. The number of anilines is 1. The first-order chi connectivity index (χ1) is 12.7. The first kappa shape index (κ1) is 22.5. The van der Waals surface area contributed by atoms with Crippen LogP contribution in [0.25, 0.3) is 0 Å². The maximum atomic E-state index is 12.6. The van der Waals surface area contributed by atoms with Gasteiger partial charge in [0.1, 0.15) is 11.5 Å². The van der Waals surface area contributed by atoms with Crippen LogP contribution >= 0.6 is 24.8 Å². The first-order valence-corrected chi connectivity index (χ1v) is 9.44. The molecule has 0 bridgehead atoms. The van der Waals surface area contributed by atoms with E-state index in [2.05, 4.69) is 15.6 Å². The Kier molecular flexibility index (Phi) is 8.10. The molecule has 1 aromatic carbocycles. The number of ether oxygens (including phenoxy) is 1. The summed E-state index contributed by atoms with van der Waals surface area (Å²) < 4.78 is 5.85. The Morgan fingerprint density at radius 2 is 2.04 bits per heavy atom. The molecule has 3 unspecified atom stereocenters. The molecule has 152 valence electrons. The number of pyridine rings is 1. The zero-order valence-corrected chi connectivity index (χ0v) is 17.5. The van der Waals surface area contributed by atoms with Gasteiger partial charge in [-0.05, 0) is 68.0 Å². The third kappa shape index (κ3) is 5.16. The Bertz CT molecular complexity index is 774. The number of amides is 1. The van der Waals surface area contributed by atoms with Crippen molar-refractivity contribution in [1.82, 2.24) is 10.3 Å². The van der Waals surface area contributed by atoms with Crippen LogP contribution in [0.3, 0.4) is 0 Å². The van der Waals surface area contributed by atoms with Gasteiger partial charge in [0.05, 0.1) is 12.2 Å². The van der Waals surface area contributed by atoms with E-state index >= 15 is 0 Å². The van der Waals surface area contributed by atoms with Gasteiger partial charge in [-0.3, -0.25) is 9.78 Å². The molecule has 2 heterocycles.